The molecule has 0 radical (unpaired) electrons. The van der Waals surface area contributed by atoms with Crippen LogP contribution in [0.1, 0.15) is 34.6 Å². The molecule has 4 nitrogen and oxygen atoms in total. The number of carbonyl (C=O) groups excluding carboxylic acids is 2. The molecule has 0 aromatic heterocycles. The number of rotatable bonds is 3. The minimum absolute atomic E-state index is 0.217. The van der Waals surface area contributed by atoms with Crippen molar-refractivity contribution in [1.82, 2.24) is 4.90 Å². The summed E-state index contributed by atoms with van der Waals surface area (Å²) in [5.74, 6) is 0.176. The van der Waals surface area contributed by atoms with Crippen LogP contribution in [0.3, 0.4) is 0 Å². The Morgan fingerprint density at radius 1 is 1.12 bits per heavy atom. The molecular weight excluding hydrogens is 206 g/mol. The minimum Gasteiger partial charge on any atom is -0.494 e. The molecule has 0 saturated carbocycles. The normalized spacial score (nSPS) is 14.2. The summed E-state index contributed by atoms with van der Waals surface area (Å²) in [4.78, 5) is 24.9. The Labute approximate surface area is 93.8 Å². The largest absolute Gasteiger partial charge is 0.494 e. The molecule has 16 heavy (non-hydrogen) atoms. The van der Waals surface area contributed by atoms with E-state index in [0.29, 0.717) is 30.0 Å². The molecule has 1 heterocycles. The molecular formula is C12H13NO3. The van der Waals surface area contributed by atoms with E-state index in [0.717, 1.165) is 0 Å². The smallest absolute Gasteiger partial charge is 0.261 e. The monoisotopic (exact) mass is 219 g/mol. The van der Waals surface area contributed by atoms with Gasteiger partial charge in [-0.3, -0.25) is 14.5 Å². The molecule has 0 saturated heterocycles. The summed E-state index contributed by atoms with van der Waals surface area (Å²) in [6, 6.07) is 5.00. The Morgan fingerprint density at radius 3 is 2.44 bits per heavy atom. The van der Waals surface area contributed by atoms with Gasteiger partial charge in [0.1, 0.15) is 5.75 Å². The van der Waals surface area contributed by atoms with E-state index >= 15 is 0 Å². The van der Waals surface area contributed by atoms with Crippen molar-refractivity contribution in [2.24, 2.45) is 0 Å². The van der Waals surface area contributed by atoms with Crippen LogP contribution in [0.5, 0.6) is 5.75 Å². The second kappa shape index (κ2) is 3.96. The number of imide groups is 1. The van der Waals surface area contributed by atoms with E-state index in [1.807, 2.05) is 6.92 Å². The summed E-state index contributed by atoms with van der Waals surface area (Å²) in [6.45, 7) is 4.60. The van der Waals surface area contributed by atoms with Crippen LogP contribution in [0, 0.1) is 0 Å². The highest BCUT2D eigenvalue weighted by Crippen LogP contribution is 2.26. The van der Waals surface area contributed by atoms with Crippen molar-refractivity contribution in [3.05, 3.63) is 29.3 Å². The molecule has 0 atom stereocenters. The molecule has 4 heteroatoms. The molecule has 1 aromatic carbocycles. The Balaban J connectivity index is 2.43. The molecule has 2 amide bonds. The number of hydrogen-bond acceptors (Lipinski definition) is 3. The number of amides is 2. The van der Waals surface area contributed by atoms with Crippen molar-refractivity contribution in [3.63, 3.8) is 0 Å². The zero-order chi connectivity index (χ0) is 11.7. The van der Waals surface area contributed by atoms with Crippen molar-refractivity contribution in [2.75, 3.05) is 13.2 Å². The number of nitrogens with zero attached hydrogens (tertiary/aromatic N) is 1. The van der Waals surface area contributed by atoms with Crippen molar-refractivity contribution in [1.29, 1.82) is 0 Å². The first-order valence-electron chi connectivity index (χ1n) is 5.32. The van der Waals surface area contributed by atoms with Crippen LogP contribution in [-0.4, -0.2) is 29.9 Å². The van der Waals surface area contributed by atoms with Crippen LogP contribution in [0.15, 0.2) is 18.2 Å². The number of benzene rings is 1. The average molecular weight is 219 g/mol. The van der Waals surface area contributed by atoms with E-state index in [4.69, 9.17) is 4.74 Å². The van der Waals surface area contributed by atoms with E-state index < -0.39 is 0 Å². The van der Waals surface area contributed by atoms with Gasteiger partial charge in [0.2, 0.25) is 0 Å². The van der Waals surface area contributed by atoms with Gasteiger partial charge < -0.3 is 4.74 Å². The maximum Gasteiger partial charge on any atom is 0.261 e. The van der Waals surface area contributed by atoms with Crippen LogP contribution < -0.4 is 4.74 Å². The zero-order valence-electron chi connectivity index (χ0n) is 9.32. The molecule has 1 aliphatic heterocycles. The highest BCUT2D eigenvalue weighted by Gasteiger charge is 2.34. The van der Waals surface area contributed by atoms with Gasteiger partial charge in [-0.1, -0.05) is 0 Å². The first-order valence-corrected chi connectivity index (χ1v) is 5.32. The van der Waals surface area contributed by atoms with E-state index in [1.165, 1.54) is 4.90 Å². The quantitative estimate of drug-likeness (QED) is 0.727. The van der Waals surface area contributed by atoms with Crippen molar-refractivity contribution < 1.29 is 14.3 Å². The van der Waals surface area contributed by atoms with Crippen molar-refractivity contribution >= 4 is 11.8 Å². The van der Waals surface area contributed by atoms with E-state index in [9.17, 15) is 9.59 Å². The maximum atomic E-state index is 11.8. The van der Waals surface area contributed by atoms with Gasteiger partial charge in [-0.2, -0.15) is 0 Å². The van der Waals surface area contributed by atoms with Gasteiger partial charge in [-0.15, -0.1) is 0 Å². The molecule has 1 aliphatic rings. The third kappa shape index (κ3) is 1.46. The molecule has 0 bridgehead atoms. The molecule has 2 rings (SSSR count). The summed E-state index contributed by atoms with van der Waals surface area (Å²) < 4.78 is 5.30. The van der Waals surface area contributed by atoms with Gasteiger partial charge in [0.25, 0.3) is 11.8 Å². The molecule has 84 valence electrons. The second-order valence-corrected chi connectivity index (χ2v) is 3.49. The molecule has 0 unspecified atom stereocenters. The van der Waals surface area contributed by atoms with Gasteiger partial charge in [-0.25, -0.2) is 0 Å². The highest BCUT2D eigenvalue weighted by molar-refractivity contribution is 6.21. The van der Waals surface area contributed by atoms with Crippen molar-refractivity contribution in [3.8, 4) is 5.75 Å². The van der Waals surface area contributed by atoms with Gasteiger partial charge in [0.15, 0.2) is 0 Å². The lowest BCUT2D eigenvalue weighted by Crippen LogP contribution is -2.29. The highest BCUT2D eigenvalue weighted by atomic mass is 16.5. The summed E-state index contributed by atoms with van der Waals surface area (Å²) in [5, 5.41) is 0. The average Bonchev–Trinajstić information content (AvgIpc) is 2.52. The third-order valence-corrected chi connectivity index (χ3v) is 2.57. The lowest BCUT2D eigenvalue weighted by atomic mass is 10.1. The number of ether oxygens (including phenoxy) is 1. The van der Waals surface area contributed by atoms with E-state index in [2.05, 4.69) is 0 Å². The number of carbonyl (C=O) groups is 2. The molecule has 0 N–H and O–H groups in total. The third-order valence-electron chi connectivity index (χ3n) is 2.57. The van der Waals surface area contributed by atoms with E-state index in [-0.39, 0.29) is 11.8 Å². The second-order valence-electron chi connectivity index (χ2n) is 3.49. The summed E-state index contributed by atoms with van der Waals surface area (Å²) in [7, 11) is 0. The lowest BCUT2D eigenvalue weighted by Gasteiger charge is -2.08. The van der Waals surface area contributed by atoms with Gasteiger partial charge in [-0.05, 0) is 32.0 Å². The van der Waals surface area contributed by atoms with Crippen LogP contribution in [0.2, 0.25) is 0 Å². The Hall–Kier alpha value is -1.84. The van der Waals surface area contributed by atoms with Gasteiger partial charge in [0.05, 0.1) is 17.7 Å². The SMILES string of the molecule is CCOc1ccc2c(c1)C(=O)N(CC)C2=O. The standard InChI is InChI=1S/C12H13NO3/c1-3-13-11(14)9-6-5-8(16-4-2)7-10(9)12(13)15/h5-7H,3-4H2,1-2H3. The Kier molecular flexibility index (Phi) is 2.64. The molecule has 0 spiro atoms. The first-order chi connectivity index (χ1) is 7.69. The maximum absolute atomic E-state index is 11.8. The van der Waals surface area contributed by atoms with Crippen LogP contribution in [-0.2, 0) is 0 Å². The summed E-state index contributed by atoms with van der Waals surface area (Å²) in [6.07, 6.45) is 0. The fourth-order valence-corrected chi connectivity index (χ4v) is 1.81. The van der Waals surface area contributed by atoms with Crippen LogP contribution in [0.25, 0.3) is 0 Å². The summed E-state index contributed by atoms with van der Waals surface area (Å²) >= 11 is 0. The van der Waals surface area contributed by atoms with Gasteiger partial charge >= 0.3 is 0 Å². The predicted molar refractivity (Wildman–Crippen MR) is 58.7 cm³/mol. The Morgan fingerprint density at radius 2 is 1.81 bits per heavy atom. The van der Waals surface area contributed by atoms with Gasteiger partial charge in [0, 0.05) is 6.54 Å². The predicted octanol–water partition coefficient (Wildman–Crippen LogP) is 1.70. The zero-order valence-corrected chi connectivity index (χ0v) is 9.32. The number of hydrogen-bond donors (Lipinski definition) is 0. The first kappa shape index (κ1) is 10.7. The summed E-state index contributed by atoms with van der Waals surface area (Å²) in [5.41, 5.74) is 0.910. The minimum atomic E-state index is -0.232. The van der Waals surface area contributed by atoms with Crippen LogP contribution >= 0.6 is 0 Å². The lowest BCUT2D eigenvalue weighted by molar-refractivity contribution is 0.0663. The fourth-order valence-electron chi connectivity index (χ4n) is 1.81. The van der Waals surface area contributed by atoms with E-state index in [1.54, 1.807) is 25.1 Å². The van der Waals surface area contributed by atoms with Crippen LogP contribution in [0.4, 0.5) is 0 Å². The fraction of sp³-hybridized carbons (Fsp3) is 0.333. The Bertz CT molecular complexity index is 454. The molecule has 0 fully saturated rings. The number of fused-ring (bicyclic) bond motifs is 1. The molecule has 1 aromatic rings. The topological polar surface area (TPSA) is 46.6 Å². The van der Waals surface area contributed by atoms with Crippen molar-refractivity contribution in [2.45, 2.75) is 13.8 Å². The molecule has 0 aliphatic carbocycles.